The summed E-state index contributed by atoms with van der Waals surface area (Å²) in [5.41, 5.74) is 12.6. The summed E-state index contributed by atoms with van der Waals surface area (Å²) in [6.07, 6.45) is 10.1. The molecule has 8 N–H and O–H groups in total. The topological polar surface area (TPSA) is 222 Å². The Morgan fingerprint density at radius 3 is 2.17 bits per heavy atom. The first kappa shape index (κ1) is 33.7. The number of nitrogens with one attached hydrogen (secondary N) is 2. The normalized spacial score (nSPS) is 14.0. The molecule has 1 aliphatic carbocycles. The fourth-order valence-electron chi connectivity index (χ4n) is 3.81. The number of rotatable bonds is 10. The average Bonchev–Trinajstić information content (AvgIpc) is 2.93. The van der Waals surface area contributed by atoms with Crippen molar-refractivity contribution in [1.82, 2.24) is 15.6 Å². The SMILES string of the molecule is CC(=O)N[C@@H](Cc1ccc(C#N)cc1)C(=O)O.NC(=O)[C@@H](N)Cc1cccnc1.O=C(O)CNC1CCCCC1. The van der Waals surface area contributed by atoms with Crippen molar-refractivity contribution in [3.05, 3.63) is 65.5 Å². The van der Waals surface area contributed by atoms with Crippen LogP contribution in [0.4, 0.5) is 0 Å². The van der Waals surface area contributed by atoms with Gasteiger partial charge < -0.3 is 32.3 Å². The minimum absolute atomic E-state index is 0.116. The molecule has 1 aromatic heterocycles. The van der Waals surface area contributed by atoms with Gasteiger partial charge in [-0.15, -0.1) is 0 Å². The number of nitriles is 1. The van der Waals surface area contributed by atoms with E-state index < -0.39 is 29.9 Å². The second-order valence-corrected chi connectivity index (χ2v) is 9.29. The van der Waals surface area contributed by atoms with E-state index >= 15 is 0 Å². The van der Waals surface area contributed by atoms with Gasteiger partial charge in [-0.3, -0.25) is 19.4 Å². The zero-order chi connectivity index (χ0) is 29.9. The van der Waals surface area contributed by atoms with Gasteiger partial charge in [0.2, 0.25) is 11.8 Å². The Labute approximate surface area is 233 Å². The maximum absolute atomic E-state index is 10.9. The lowest BCUT2D eigenvalue weighted by Crippen LogP contribution is -2.41. The van der Waals surface area contributed by atoms with Crippen LogP contribution < -0.4 is 22.1 Å². The number of carboxylic acid groups (broad SMARTS) is 2. The molecular formula is C28H38N6O6. The maximum Gasteiger partial charge on any atom is 0.326 e. The first-order valence-electron chi connectivity index (χ1n) is 12.9. The number of amides is 2. The third-order valence-corrected chi connectivity index (χ3v) is 5.89. The van der Waals surface area contributed by atoms with E-state index in [2.05, 4.69) is 15.6 Å². The number of benzene rings is 1. The number of carbonyl (C=O) groups excluding carboxylic acids is 2. The third-order valence-electron chi connectivity index (χ3n) is 5.89. The summed E-state index contributed by atoms with van der Waals surface area (Å²) in [4.78, 5) is 46.4. The summed E-state index contributed by atoms with van der Waals surface area (Å²) >= 11 is 0. The highest BCUT2D eigenvalue weighted by Crippen LogP contribution is 2.16. The molecule has 2 amide bonds. The zero-order valence-electron chi connectivity index (χ0n) is 22.6. The molecule has 0 bridgehead atoms. The molecule has 3 rings (SSSR count). The van der Waals surface area contributed by atoms with E-state index in [0.29, 0.717) is 18.0 Å². The molecule has 2 aromatic rings. The van der Waals surface area contributed by atoms with E-state index in [1.165, 1.54) is 26.2 Å². The summed E-state index contributed by atoms with van der Waals surface area (Å²) < 4.78 is 0. The van der Waals surface area contributed by atoms with Gasteiger partial charge in [0.05, 0.1) is 24.2 Å². The van der Waals surface area contributed by atoms with E-state index in [1.807, 2.05) is 12.1 Å². The molecular weight excluding hydrogens is 516 g/mol. The Kier molecular flexibility index (Phi) is 15.9. The van der Waals surface area contributed by atoms with Crippen LogP contribution in [0.3, 0.4) is 0 Å². The minimum atomic E-state index is -1.08. The largest absolute Gasteiger partial charge is 0.480 e. The van der Waals surface area contributed by atoms with Gasteiger partial charge in [0, 0.05) is 31.8 Å². The Morgan fingerprint density at radius 1 is 1.05 bits per heavy atom. The van der Waals surface area contributed by atoms with E-state index in [1.54, 1.807) is 42.7 Å². The molecule has 0 spiro atoms. The first-order chi connectivity index (χ1) is 19.0. The second kappa shape index (κ2) is 18.8. The van der Waals surface area contributed by atoms with Crippen LogP contribution in [0.1, 0.15) is 55.7 Å². The molecule has 1 aliphatic rings. The molecule has 1 aromatic carbocycles. The number of hydrogen-bond acceptors (Lipinski definition) is 8. The fraction of sp³-hybridized carbons (Fsp3) is 0.429. The van der Waals surface area contributed by atoms with Gasteiger partial charge in [0.1, 0.15) is 6.04 Å². The number of carbonyl (C=O) groups is 4. The van der Waals surface area contributed by atoms with Crippen LogP contribution in [0.2, 0.25) is 0 Å². The smallest absolute Gasteiger partial charge is 0.326 e. The van der Waals surface area contributed by atoms with E-state index in [9.17, 15) is 19.2 Å². The predicted octanol–water partition coefficient (Wildman–Crippen LogP) is 1.12. The lowest BCUT2D eigenvalue weighted by molar-refractivity contribution is -0.141. The molecule has 12 nitrogen and oxygen atoms in total. The van der Waals surface area contributed by atoms with Crippen molar-refractivity contribution < 1.29 is 29.4 Å². The van der Waals surface area contributed by atoms with Crippen LogP contribution in [0, 0.1) is 11.3 Å². The third kappa shape index (κ3) is 15.2. The van der Waals surface area contributed by atoms with Crippen molar-refractivity contribution in [2.75, 3.05) is 6.54 Å². The van der Waals surface area contributed by atoms with Crippen molar-refractivity contribution in [3.8, 4) is 6.07 Å². The van der Waals surface area contributed by atoms with Crippen molar-refractivity contribution >= 4 is 23.8 Å². The summed E-state index contributed by atoms with van der Waals surface area (Å²) in [5.74, 6) is -2.70. The van der Waals surface area contributed by atoms with Gasteiger partial charge in [-0.2, -0.15) is 5.26 Å². The number of nitrogens with zero attached hydrogens (tertiary/aromatic N) is 2. The Balaban J connectivity index is 0.000000309. The molecule has 0 unspecified atom stereocenters. The highest BCUT2D eigenvalue weighted by molar-refractivity contribution is 5.82. The first-order valence-corrected chi connectivity index (χ1v) is 12.9. The van der Waals surface area contributed by atoms with E-state index in [-0.39, 0.29) is 18.9 Å². The van der Waals surface area contributed by atoms with Crippen LogP contribution in [0.25, 0.3) is 0 Å². The standard InChI is InChI=1S/C12H12N2O3.C8H11N3O.C8H15NO2/c1-8(15)14-11(12(16)17)6-9-2-4-10(7-13)5-3-9;9-7(8(10)12)4-6-2-1-3-11-5-6;10-8(11)6-9-7-4-2-1-3-5-7/h2-5,11H,6H2,1H3,(H,14,15)(H,16,17);1-3,5,7H,4,9H2,(H2,10,12);7,9H,1-6H2,(H,10,11)/t11-;7-;/m00./s1. The van der Waals surface area contributed by atoms with Crippen LogP contribution in [-0.4, -0.2) is 63.6 Å². The fourth-order valence-corrected chi connectivity index (χ4v) is 3.81. The molecule has 0 saturated heterocycles. The number of aromatic nitrogens is 1. The van der Waals surface area contributed by atoms with Gasteiger partial charge in [0.15, 0.2) is 0 Å². The maximum atomic E-state index is 10.9. The molecule has 1 heterocycles. The molecule has 1 fully saturated rings. The highest BCUT2D eigenvalue weighted by Gasteiger charge is 2.18. The van der Waals surface area contributed by atoms with Gasteiger partial charge >= 0.3 is 11.9 Å². The Hall–Kier alpha value is -4.34. The molecule has 1 saturated carbocycles. The zero-order valence-corrected chi connectivity index (χ0v) is 22.6. The van der Waals surface area contributed by atoms with Gasteiger partial charge in [-0.25, -0.2) is 4.79 Å². The molecule has 216 valence electrons. The van der Waals surface area contributed by atoms with Gasteiger partial charge in [0.25, 0.3) is 0 Å². The predicted molar refractivity (Wildman–Crippen MR) is 148 cm³/mol. The lowest BCUT2D eigenvalue weighted by Gasteiger charge is -2.21. The molecule has 0 radical (unpaired) electrons. The summed E-state index contributed by atoms with van der Waals surface area (Å²) in [6.45, 7) is 1.39. The van der Waals surface area contributed by atoms with Crippen molar-refractivity contribution in [3.63, 3.8) is 0 Å². The summed E-state index contributed by atoms with van der Waals surface area (Å²) in [6, 6.07) is 11.1. The quantitative estimate of drug-likeness (QED) is 0.245. The van der Waals surface area contributed by atoms with E-state index in [0.717, 1.165) is 24.0 Å². The molecule has 40 heavy (non-hydrogen) atoms. The molecule has 0 aliphatic heterocycles. The van der Waals surface area contributed by atoms with Crippen molar-refractivity contribution in [2.45, 2.75) is 70.0 Å². The Bertz CT molecular complexity index is 1110. The number of aliphatic carboxylic acids is 2. The van der Waals surface area contributed by atoms with Crippen molar-refractivity contribution in [1.29, 1.82) is 5.26 Å². The second-order valence-electron chi connectivity index (χ2n) is 9.29. The van der Waals surface area contributed by atoms with E-state index in [4.69, 9.17) is 26.9 Å². The Morgan fingerprint density at radius 2 is 1.70 bits per heavy atom. The number of pyridine rings is 1. The highest BCUT2D eigenvalue weighted by atomic mass is 16.4. The van der Waals surface area contributed by atoms with Crippen LogP contribution in [0.15, 0.2) is 48.8 Å². The number of primary amides is 1. The molecule has 12 heteroatoms. The lowest BCUT2D eigenvalue weighted by atomic mass is 9.96. The summed E-state index contributed by atoms with van der Waals surface area (Å²) in [7, 11) is 0. The molecule has 2 atom stereocenters. The van der Waals surface area contributed by atoms with Crippen LogP contribution >= 0.6 is 0 Å². The van der Waals surface area contributed by atoms with Crippen LogP contribution in [0.5, 0.6) is 0 Å². The number of nitrogens with two attached hydrogens (primary N) is 2. The minimum Gasteiger partial charge on any atom is -0.480 e. The summed E-state index contributed by atoms with van der Waals surface area (Å²) in [5, 5.41) is 31.3. The monoisotopic (exact) mass is 554 g/mol. The number of carboxylic acids is 2. The van der Waals surface area contributed by atoms with Gasteiger partial charge in [-0.05, 0) is 48.6 Å². The number of hydrogen-bond donors (Lipinski definition) is 6. The van der Waals surface area contributed by atoms with Crippen molar-refractivity contribution in [2.24, 2.45) is 11.5 Å². The van der Waals surface area contributed by atoms with Gasteiger partial charge in [-0.1, -0.05) is 37.5 Å². The van der Waals surface area contributed by atoms with Crippen LogP contribution in [-0.2, 0) is 32.0 Å². The average molecular weight is 555 g/mol.